The van der Waals surface area contributed by atoms with Gasteiger partial charge in [0, 0.05) is 24.8 Å². The molecule has 92 valence electrons. The lowest BCUT2D eigenvalue weighted by Crippen LogP contribution is -2.31. The van der Waals surface area contributed by atoms with Crippen LogP contribution in [0.3, 0.4) is 0 Å². The molecular formula is C12H16N2O3. The lowest BCUT2D eigenvalue weighted by molar-refractivity contribution is 0.0773. The first-order chi connectivity index (χ1) is 8.17. The number of hydrogen-bond donors (Lipinski definition) is 1. The Kier molecular flexibility index (Phi) is 3.08. The molecular weight excluding hydrogens is 220 g/mol. The molecule has 2 rings (SSSR count). The Morgan fingerprint density at radius 3 is 2.47 bits per heavy atom. The monoisotopic (exact) mass is 236 g/mol. The van der Waals surface area contributed by atoms with E-state index in [1.54, 1.807) is 17.0 Å². The van der Waals surface area contributed by atoms with E-state index < -0.39 is 0 Å². The SMILES string of the molecule is CCN(CC)C(=O)c1cc2c(cc1N)OCO2. The number of hydrogen-bond acceptors (Lipinski definition) is 4. The van der Waals surface area contributed by atoms with Gasteiger partial charge in [-0.2, -0.15) is 0 Å². The highest BCUT2D eigenvalue weighted by Crippen LogP contribution is 2.36. The lowest BCUT2D eigenvalue weighted by atomic mass is 10.1. The van der Waals surface area contributed by atoms with E-state index in [2.05, 4.69) is 0 Å². The fourth-order valence-electron chi connectivity index (χ4n) is 1.82. The number of benzene rings is 1. The van der Waals surface area contributed by atoms with E-state index in [0.29, 0.717) is 35.8 Å². The molecule has 17 heavy (non-hydrogen) atoms. The molecule has 5 heteroatoms. The Morgan fingerprint density at radius 2 is 1.88 bits per heavy atom. The maximum atomic E-state index is 12.2. The van der Waals surface area contributed by atoms with Crippen LogP contribution in [0.25, 0.3) is 0 Å². The molecule has 0 saturated carbocycles. The van der Waals surface area contributed by atoms with Gasteiger partial charge in [-0.1, -0.05) is 0 Å². The van der Waals surface area contributed by atoms with Crippen molar-refractivity contribution in [2.45, 2.75) is 13.8 Å². The highest BCUT2D eigenvalue weighted by Gasteiger charge is 2.21. The molecule has 0 aliphatic carbocycles. The zero-order chi connectivity index (χ0) is 12.4. The van der Waals surface area contributed by atoms with E-state index in [-0.39, 0.29) is 12.7 Å². The summed E-state index contributed by atoms with van der Waals surface area (Å²) in [5.74, 6) is 1.10. The summed E-state index contributed by atoms with van der Waals surface area (Å²) < 4.78 is 10.4. The molecule has 1 aliphatic rings. The molecule has 5 nitrogen and oxygen atoms in total. The third-order valence-corrected chi connectivity index (χ3v) is 2.83. The summed E-state index contributed by atoms with van der Waals surface area (Å²) >= 11 is 0. The van der Waals surface area contributed by atoms with E-state index in [4.69, 9.17) is 15.2 Å². The molecule has 1 aromatic carbocycles. The highest BCUT2D eigenvalue weighted by molar-refractivity contribution is 6.00. The predicted octanol–water partition coefficient (Wildman–Crippen LogP) is 1.48. The van der Waals surface area contributed by atoms with Gasteiger partial charge in [0.05, 0.1) is 5.56 Å². The minimum atomic E-state index is -0.0780. The first-order valence-corrected chi connectivity index (χ1v) is 5.65. The van der Waals surface area contributed by atoms with E-state index in [1.807, 2.05) is 13.8 Å². The Balaban J connectivity index is 2.35. The molecule has 1 amide bonds. The van der Waals surface area contributed by atoms with Crippen molar-refractivity contribution in [3.63, 3.8) is 0 Å². The summed E-state index contributed by atoms with van der Waals surface area (Å²) in [6.07, 6.45) is 0. The number of carbonyl (C=O) groups excluding carboxylic acids is 1. The molecule has 0 fully saturated rings. The van der Waals surface area contributed by atoms with Crippen molar-refractivity contribution in [1.82, 2.24) is 4.90 Å². The van der Waals surface area contributed by atoms with Gasteiger partial charge < -0.3 is 20.1 Å². The number of carbonyl (C=O) groups is 1. The third-order valence-electron chi connectivity index (χ3n) is 2.83. The van der Waals surface area contributed by atoms with Crippen molar-refractivity contribution in [1.29, 1.82) is 0 Å². The van der Waals surface area contributed by atoms with Crippen LogP contribution >= 0.6 is 0 Å². The Morgan fingerprint density at radius 1 is 1.29 bits per heavy atom. The lowest BCUT2D eigenvalue weighted by Gasteiger charge is -2.19. The maximum absolute atomic E-state index is 12.2. The summed E-state index contributed by atoms with van der Waals surface area (Å²) in [5.41, 5.74) is 6.75. The van der Waals surface area contributed by atoms with Gasteiger partial charge in [-0.25, -0.2) is 0 Å². The Bertz CT molecular complexity index is 442. The van der Waals surface area contributed by atoms with E-state index in [0.717, 1.165) is 0 Å². The number of nitrogens with two attached hydrogens (primary N) is 1. The zero-order valence-corrected chi connectivity index (χ0v) is 10.0. The highest BCUT2D eigenvalue weighted by atomic mass is 16.7. The zero-order valence-electron chi connectivity index (χ0n) is 10.0. The number of nitrogen functional groups attached to an aromatic ring is 1. The summed E-state index contributed by atoms with van der Waals surface area (Å²) in [6, 6.07) is 3.29. The van der Waals surface area contributed by atoms with Crippen molar-refractivity contribution < 1.29 is 14.3 Å². The third kappa shape index (κ3) is 2.00. The fraction of sp³-hybridized carbons (Fsp3) is 0.417. The molecule has 0 unspecified atom stereocenters. The molecule has 1 heterocycles. The molecule has 0 aromatic heterocycles. The first kappa shape index (κ1) is 11.6. The normalized spacial score (nSPS) is 12.6. The molecule has 0 bridgehead atoms. The van der Waals surface area contributed by atoms with Crippen LogP contribution in [0.1, 0.15) is 24.2 Å². The minimum Gasteiger partial charge on any atom is -0.454 e. The van der Waals surface area contributed by atoms with Crippen LogP contribution < -0.4 is 15.2 Å². The van der Waals surface area contributed by atoms with Crippen LogP contribution in [-0.2, 0) is 0 Å². The maximum Gasteiger partial charge on any atom is 0.256 e. The Hall–Kier alpha value is -1.91. The van der Waals surface area contributed by atoms with Gasteiger partial charge in [-0.3, -0.25) is 4.79 Å². The van der Waals surface area contributed by atoms with Gasteiger partial charge in [0.15, 0.2) is 11.5 Å². The second-order valence-electron chi connectivity index (χ2n) is 3.77. The predicted molar refractivity (Wildman–Crippen MR) is 64.2 cm³/mol. The number of anilines is 1. The summed E-state index contributed by atoms with van der Waals surface area (Å²) in [4.78, 5) is 13.9. The topological polar surface area (TPSA) is 64.8 Å². The van der Waals surface area contributed by atoms with Crippen molar-refractivity contribution in [2.24, 2.45) is 0 Å². The number of nitrogens with zero attached hydrogens (tertiary/aromatic N) is 1. The molecule has 1 aliphatic heterocycles. The van der Waals surface area contributed by atoms with Gasteiger partial charge in [0.25, 0.3) is 5.91 Å². The number of ether oxygens (including phenoxy) is 2. The Labute approximate surface area is 100 Å². The van der Waals surface area contributed by atoms with Gasteiger partial charge in [-0.15, -0.1) is 0 Å². The molecule has 1 aromatic rings. The number of rotatable bonds is 3. The molecule has 0 atom stereocenters. The summed E-state index contributed by atoms with van der Waals surface area (Å²) in [5, 5.41) is 0. The van der Waals surface area contributed by atoms with Crippen LogP contribution in [-0.4, -0.2) is 30.7 Å². The minimum absolute atomic E-state index is 0.0780. The first-order valence-electron chi connectivity index (χ1n) is 5.65. The standard InChI is InChI=1S/C12H16N2O3/c1-3-14(4-2)12(15)8-5-10-11(6-9(8)13)17-7-16-10/h5-6H,3-4,7,13H2,1-2H3. The molecule has 0 saturated heterocycles. The van der Waals surface area contributed by atoms with E-state index in [9.17, 15) is 4.79 Å². The van der Waals surface area contributed by atoms with Crippen LogP contribution in [0, 0.1) is 0 Å². The molecule has 0 radical (unpaired) electrons. The smallest absolute Gasteiger partial charge is 0.256 e. The van der Waals surface area contributed by atoms with Gasteiger partial charge in [-0.05, 0) is 19.9 Å². The fourth-order valence-corrected chi connectivity index (χ4v) is 1.82. The number of amides is 1. The second-order valence-corrected chi connectivity index (χ2v) is 3.77. The van der Waals surface area contributed by atoms with Gasteiger partial charge >= 0.3 is 0 Å². The quantitative estimate of drug-likeness (QED) is 0.807. The largest absolute Gasteiger partial charge is 0.454 e. The number of fused-ring (bicyclic) bond motifs is 1. The van der Waals surface area contributed by atoms with E-state index in [1.165, 1.54) is 0 Å². The summed E-state index contributed by atoms with van der Waals surface area (Å²) in [7, 11) is 0. The van der Waals surface area contributed by atoms with Crippen LogP contribution in [0.4, 0.5) is 5.69 Å². The van der Waals surface area contributed by atoms with Crippen molar-refractivity contribution in [3.8, 4) is 11.5 Å². The van der Waals surface area contributed by atoms with E-state index >= 15 is 0 Å². The summed E-state index contributed by atoms with van der Waals surface area (Å²) in [6.45, 7) is 5.36. The average molecular weight is 236 g/mol. The van der Waals surface area contributed by atoms with Crippen molar-refractivity contribution >= 4 is 11.6 Å². The van der Waals surface area contributed by atoms with Gasteiger partial charge in [0.1, 0.15) is 0 Å². The van der Waals surface area contributed by atoms with Crippen LogP contribution in [0.2, 0.25) is 0 Å². The van der Waals surface area contributed by atoms with Crippen molar-refractivity contribution in [2.75, 3.05) is 25.6 Å². The average Bonchev–Trinajstić information content (AvgIpc) is 2.76. The van der Waals surface area contributed by atoms with Crippen molar-refractivity contribution in [3.05, 3.63) is 17.7 Å². The van der Waals surface area contributed by atoms with Gasteiger partial charge in [0.2, 0.25) is 6.79 Å². The molecule has 2 N–H and O–H groups in total. The van der Waals surface area contributed by atoms with Crippen LogP contribution in [0.15, 0.2) is 12.1 Å². The molecule has 0 spiro atoms. The second kappa shape index (κ2) is 4.53. The van der Waals surface area contributed by atoms with Crippen LogP contribution in [0.5, 0.6) is 11.5 Å².